The van der Waals surface area contributed by atoms with Gasteiger partial charge in [-0.15, -0.1) is 0 Å². The molecular weight excluding hydrogens is 557 g/mol. The second-order valence-electron chi connectivity index (χ2n) is 9.83. The Hall–Kier alpha value is -3.60. The van der Waals surface area contributed by atoms with E-state index in [0.717, 1.165) is 29.8 Å². The fourth-order valence-electron chi connectivity index (χ4n) is 4.40. The predicted molar refractivity (Wildman–Crippen MR) is 156 cm³/mol. The number of nitrogens with zero attached hydrogens (tertiary/aromatic N) is 4. The smallest absolute Gasteiger partial charge is 0.416 e. The number of alkyl halides is 3. The topological polar surface area (TPSA) is 106 Å². The first-order valence-corrected chi connectivity index (χ1v) is 13.8. The molecule has 222 valence electrons. The van der Waals surface area contributed by atoms with Crippen molar-refractivity contribution in [3.05, 3.63) is 69.5 Å². The van der Waals surface area contributed by atoms with Gasteiger partial charge in [0.25, 0.3) is 5.91 Å². The number of ether oxygens (including phenoxy) is 1. The standard InChI is InChI=1S/C29H36ClF3N6O2/c1-5-7-8-20(16-35-15-18(3)41-4)27(40)39-10-9-25-24(17-39)26(38-28(30)37-25)36-23(6-2)13-19-11-21(29(31,32)33)14-22(34)12-19/h8,11-12,14-16,23H,5-7,9-10,13,17,34H2,1-4H3,(H,36,37,38)/b18-15+,20-8-,35-16+. The molecule has 1 aromatic heterocycles. The van der Waals surface area contributed by atoms with Crippen molar-refractivity contribution in [2.24, 2.45) is 4.99 Å². The minimum Gasteiger partial charge on any atom is -0.500 e. The third kappa shape index (κ3) is 8.94. The fraction of sp³-hybridized carbons (Fsp3) is 0.448. The molecule has 1 atom stereocenters. The highest BCUT2D eigenvalue weighted by molar-refractivity contribution is 6.28. The molecule has 0 bridgehead atoms. The molecule has 0 saturated carbocycles. The summed E-state index contributed by atoms with van der Waals surface area (Å²) in [6.45, 7) is 6.39. The Kier molecular flexibility index (Phi) is 11.2. The molecule has 3 rings (SSSR count). The maximum Gasteiger partial charge on any atom is 0.416 e. The van der Waals surface area contributed by atoms with Crippen LogP contribution in [0.2, 0.25) is 5.28 Å². The van der Waals surface area contributed by atoms with Crippen LogP contribution in [0.15, 0.2) is 46.8 Å². The van der Waals surface area contributed by atoms with Crippen LogP contribution in [0.5, 0.6) is 0 Å². The SMILES string of the molecule is CCC/C=C(/C=N/C=C(\C)OC)C(=O)N1CCc2nc(Cl)nc(NC(CC)Cc3cc(N)cc(C(F)(F)F)c3)c2C1. The van der Waals surface area contributed by atoms with E-state index in [1.54, 1.807) is 25.1 Å². The number of hydrogen-bond acceptors (Lipinski definition) is 7. The molecule has 0 aliphatic carbocycles. The number of methoxy groups -OCH3 is 1. The molecule has 3 N–H and O–H groups in total. The predicted octanol–water partition coefficient (Wildman–Crippen LogP) is 6.35. The molecule has 1 unspecified atom stereocenters. The van der Waals surface area contributed by atoms with E-state index >= 15 is 0 Å². The number of unbranched alkanes of at least 4 members (excludes halogenated alkanes) is 1. The minimum atomic E-state index is -4.50. The zero-order chi connectivity index (χ0) is 30.2. The number of anilines is 2. The number of nitrogens with two attached hydrogens (primary N) is 1. The van der Waals surface area contributed by atoms with Crippen LogP contribution in [0.3, 0.4) is 0 Å². The van der Waals surface area contributed by atoms with Crippen LogP contribution in [-0.4, -0.2) is 46.7 Å². The normalized spacial score (nSPS) is 15.2. The summed E-state index contributed by atoms with van der Waals surface area (Å²) in [4.78, 5) is 28.2. The Morgan fingerprint density at radius 1 is 1.29 bits per heavy atom. The summed E-state index contributed by atoms with van der Waals surface area (Å²) in [5.74, 6) is 0.887. The molecule has 1 aromatic carbocycles. The highest BCUT2D eigenvalue weighted by atomic mass is 35.5. The van der Waals surface area contributed by atoms with Gasteiger partial charge in [-0.2, -0.15) is 13.2 Å². The first kappa shape index (κ1) is 31.9. The molecule has 0 radical (unpaired) electrons. The summed E-state index contributed by atoms with van der Waals surface area (Å²) >= 11 is 6.24. The third-order valence-electron chi connectivity index (χ3n) is 6.67. The summed E-state index contributed by atoms with van der Waals surface area (Å²) in [5, 5.41) is 3.40. The van der Waals surface area contributed by atoms with E-state index < -0.39 is 11.7 Å². The van der Waals surface area contributed by atoms with Gasteiger partial charge >= 0.3 is 6.18 Å². The summed E-state index contributed by atoms with van der Waals surface area (Å²) in [7, 11) is 1.55. The van der Waals surface area contributed by atoms with Crippen LogP contribution in [0.4, 0.5) is 24.7 Å². The maximum atomic E-state index is 13.5. The largest absolute Gasteiger partial charge is 0.500 e. The van der Waals surface area contributed by atoms with Crippen LogP contribution in [0.1, 0.15) is 62.4 Å². The van der Waals surface area contributed by atoms with E-state index in [1.807, 2.05) is 19.9 Å². The first-order chi connectivity index (χ1) is 19.4. The second-order valence-corrected chi connectivity index (χ2v) is 10.2. The summed E-state index contributed by atoms with van der Waals surface area (Å²) in [6, 6.07) is 3.30. The van der Waals surface area contributed by atoms with Gasteiger partial charge in [0.2, 0.25) is 5.28 Å². The van der Waals surface area contributed by atoms with E-state index in [0.29, 0.717) is 48.5 Å². The average Bonchev–Trinajstić information content (AvgIpc) is 2.92. The molecule has 0 fully saturated rings. The number of aromatic nitrogens is 2. The van der Waals surface area contributed by atoms with Crippen molar-refractivity contribution in [3.8, 4) is 0 Å². The number of hydrogen-bond donors (Lipinski definition) is 2. The lowest BCUT2D eigenvalue weighted by Gasteiger charge is -2.30. The van der Waals surface area contributed by atoms with E-state index in [9.17, 15) is 18.0 Å². The number of aliphatic imine (C=N–C) groups is 1. The van der Waals surface area contributed by atoms with Gasteiger partial charge in [-0.05, 0) is 61.5 Å². The van der Waals surface area contributed by atoms with Crippen molar-refractivity contribution >= 4 is 35.2 Å². The van der Waals surface area contributed by atoms with E-state index in [-0.39, 0.29) is 35.9 Å². The molecular formula is C29H36ClF3N6O2. The number of halogens is 4. The minimum absolute atomic E-state index is 0.0460. The maximum absolute atomic E-state index is 13.5. The molecule has 41 heavy (non-hydrogen) atoms. The number of amides is 1. The highest BCUT2D eigenvalue weighted by Crippen LogP contribution is 2.32. The lowest BCUT2D eigenvalue weighted by molar-refractivity contribution is -0.137. The lowest BCUT2D eigenvalue weighted by atomic mass is 9.99. The van der Waals surface area contributed by atoms with Crippen LogP contribution < -0.4 is 11.1 Å². The number of allylic oxidation sites excluding steroid dienone is 2. The van der Waals surface area contributed by atoms with Gasteiger partial charge in [-0.25, -0.2) is 9.97 Å². The van der Waals surface area contributed by atoms with Crippen molar-refractivity contribution in [3.63, 3.8) is 0 Å². The van der Waals surface area contributed by atoms with Crippen molar-refractivity contribution < 1.29 is 22.7 Å². The van der Waals surface area contributed by atoms with E-state index in [2.05, 4.69) is 20.3 Å². The summed E-state index contributed by atoms with van der Waals surface area (Å²) in [6.07, 6.45) is 3.36. The van der Waals surface area contributed by atoms with Crippen LogP contribution in [-0.2, 0) is 35.1 Å². The first-order valence-electron chi connectivity index (χ1n) is 13.5. The van der Waals surface area contributed by atoms with E-state index in [4.69, 9.17) is 22.1 Å². The number of rotatable bonds is 11. The third-order valence-corrected chi connectivity index (χ3v) is 6.84. The number of nitrogen functional groups attached to an aromatic ring is 1. The van der Waals surface area contributed by atoms with Gasteiger partial charge < -0.3 is 20.7 Å². The molecule has 1 aliphatic heterocycles. The van der Waals surface area contributed by atoms with Crippen LogP contribution in [0, 0.1) is 0 Å². The number of carbonyl (C=O) groups is 1. The quantitative estimate of drug-likeness (QED) is 0.103. The number of carbonyl (C=O) groups excluding carboxylic acids is 1. The van der Waals surface area contributed by atoms with Crippen LogP contribution >= 0.6 is 11.6 Å². The van der Waals surface area contributed by atoms with Gasteiger partial charge in [0.05, 0.1) is 36.7 Å². The fourth-order valence-corrected chi connectivity index (χ4v) is 4.59. The van der Waals surface area contributed by atoms with E-state index in [1.165, 1.54) is 12.3 Å². The highest BCUT2D eigenvalue weighted by Gasteiger charge is 2.31. The monoisotopic (exact) mass is 592 g/mol. The number of fused-ring (bicyclic) bond motifs is 1. The van der Waals surface area contributed by atoms with Crippen molar-refractivity contribution in [2.75, 3.05) is 24.7 Å². The zero-order valence-electron chi connectivity index (χ0n) is 23.7. The molecule has 0 spiro atoms. The molecule has 1 amide bonds. The van der Waals surface area contributed by atoms with Gasteiger partial charge in [-0.3, -0.25) is 9.79 Å². The van der Waals surface area contributed by atoms with Crippen molar-refractivity contribution in [1.29, 1.82) is 0 Å². The van der Waals surface area contributed by atoms with Crippen molar-refractivity contribution in [2.45, 2.75) is 71.6 Å². The Morgan fingerprint density at radius 2 is 2.05 bits per heavy atom. The number of nitrogens with one attached hydrogen (secondary N) is 1. The Labute approximate surface area is 243 Å². The lowest BCUT2D eigenvalue weighted by Crippen LogP contribution is -2.38. The van der Waals surface area contributed by atoms with Gasteiger partial charge in [0.1, 0.15) is 11.6 Å². The average molecular weight is 593 g/mol. The van der Waals surface area contributed by atoms with Crippen LogP contribution in [0.25, 0.3) is 0 Å². The summed E-state index contributed by atoms with van der Waals surface area (Å²) < 4.78 is 45.1. The number of benzene rings is 1. The molecule has 8 nitrogen and oxygen atoms in total. The Bertz CT molecular complexity index is 1330. The summed E-state index contributed by atoms with van der Waals surface area (Å²) in [5.41, 5.74) is 7.38. The Balaban J connectivity index is 1.86. The van der Waals surface area contributed by atoms with Gasteiger partial charge in [0.15, 0.2) is 0 Å². The molecule has 2 aromatic rings. The Morgan fingerprint density at radius 3 is 2.71 bits per heavy atom. The molecule has 1 aliphatic rings. The second kappa shape index (κ2) is 14.3. The molecule has 0 saturated heterocycles. The molecule has 2 heterocycles. The van der Waals surface area contributed by atoms with Gasteiger partial charge in [0, 0.05) is 36.5 Å². The van der Waals surface area contributed by atoms with Gasteiger partial charge in [-0.1, -0.05) is 26.3 Å². The zero-order valence-corrected chi connectivity index (χ0v) is 24.4. The van der Waals surface area contributed by atoms with Crippen molar-refractivity contribution in [1.82, 2.24) is 14.9 Å². The molecule has 12 heteroatoms.